The van der Waals surface area contributed by atoms with Gasteiger partial charge in [-0.2, -0.15) is 0 Å². The van der Waals surface area contributed by atoms with Crippen LogP contribution in [0, 0.1) is 0 Å². The quantitative estimate of drug-likeness (QED) is 0.475. The van der Waals surface area contributed by atoms with E-state index in [1.165, 1.54) is 10.8 Å². The van der Waals surface area contributed by atoms with Crippen molar-refractivity contribution < 1.29 is 4.79 Å². The van der Waals surface area contributed by atoms with Gasteiger partial charge in [0.05, 0.1) is 6.04 Å². The minimum atomic E-state index is -0.106. The molecule has 3 aromatic rings. The molecule has 0 aliphatic rings. The van der Waals surface area contributed by atoms with Crippen LogP contribution in [0.25, 0.3) is 16.8 Å². The van der Waals surface area contributed by atoms with E-state index >= 15 is 0 Å². The molecule has 3 rings (SSSR count). The largest absolute Gasteiger partial charge is 0.346 e. The van der Waals surface area contributed by atoms with Gasteiger partial charge < -0.3 is 5.32 Å². The van der Waals surface area contributed by atoms with Crippen LogP contribution in [0.5, 0.6) is 0 Å². The SMILES string of the molecule is CC(NC(=O)/C=C/c1cc(Br)ccc1P)c1ccc2ccccc2c1. The Labute approximate surface area is 158 Å². The van der Waals surface area contributed by atoms with Crippen molar-refractivity contribution >= 4 is 53.2 Å². The minimum Gasteiger partial charge on any atom is -0.346 e. The van der Waals surface area contributed by atoms with E-state index in [0.717, 1.165) is 20.9 Å². The van der Waals surface area contributed by atoms with E-state index < -0.39 is 0 Å². The summed E-state index contributed by atoms with van der Waals surface area (Å²) < 4.78 is 0.989. The summed E-state index contributed by atoms with van der Waals surface area (Å²) in [6.07, 6.45) is 3.41. The van der Waals surface area contributed by atoms with Crippen LogP contribution >= 0.6 is 25.2 Å². The maximum Gasteiger partial charge on any atom is 0.244 e. The molecule has 0 heterocycles. The number of amides is 1. The van der Waals surface area contributed by atoms with E-state index in [2.05, 4.69) is 60.8 Å². The monoisotopic (exact) mass is 411 g/mol. The Bertz CT molecular complexity index is 952. The Balaban J connectivity index is 1.71. The first-order chi connectivity index (χ1) is 12.0. The molecule has 3 aromatic carbocycles. The van der Waals surface area contributed by atoms with Crippen molar-refractivity contribution in [2.45, 2.75) is 13.0 Å². The Kier molecular flexibility index (Phi) is 5.67. The van der Waals surface area contributed by atoms with Gasteiger partial charge in [0, 0.05) is 10.5 Å². The lowest BCUT2D eigenvalue weighted by Crippen LogP contribution is -2.24. The number of rotatable bonds is 4. The standard InChI is InChI=1S/C21H19BrNOP/c1-14(16-7-6-15-4-2-3-5-17(15)12-16)23-21(24)11-8-18-13-19(22)9-10-20(18)25/h2-14H,25H2,1H3,(H,23,24)/b11-8+. The molecule has 0 fully saturated rings. The fourth-order valence-electron chi connectivity index (χ4n) is 2.68. The van der Waals surface area contributed by atoms with Gasteiger partial charge in [-0.15, -0.1) is 9.24 Å². The lowest BCUT2D eigenvalue weighted by atomic mass is 10.0. The first-order valence-electron chi connectivity index (χ1n) is 8.05. The zero-order valence-corrected chi connectivity index (χ0v) is 16.6. The van der Waals surface area contributed by atoms with E-state index in [9.17, 15) is 4.79 Å². The number of hydrogen-bond acceptors (Lipinski definition) is 1. The molecule has 4 heteroatoms. The maximum absolute atomic E-state index is 12.2. The van der Waals surface area contributed by atoms with E-state index in [-0.39, 0.29) is 11.9 Å². The highest BCUT2D eigenvalue weighted by Gasteiger charge is 2.08. The van der Waals surface area contributed by atoms with Crippen molar-refractivity contribution in [1.82, 2.24) is 5.32 Å². The summed E-state index contributed by atoms with van der Waals surface area (Å²) >= 11 is 3.45. The van der Waals surface area contributed by atoms with Gasteiger partial charge in [0.25, 0.3) is 0 Å². The Morgan fingerprint density at radius 3 is 2.64 bits per heavy atom. The van der Waals surface area contributed by atoms with E-state index in [1.54, 1.807) is 6.08 Å². The van der Waals surface area contributed by atoms with Crippen LogP contribution < -0.4 is 10.6 Å². The third kappa shape index (κ3) is 4.56. The molecule has 126 valence electrons. The van der Waals surface area contributed by atoms with Gasteiger partial charge in [-0.1, -0.05) is 58.4 Å². The smallest absolute Gasteiger partial charge is 0.244 e. The number of halogens is 1. The fraction of sp³-hybridized carbons (Fsp3) is 0.0952. The predicted octanol–water partition coefficient (Wildman–Crippen LogP) is 4.99. The third-order valence-electron chi connectivity index (χ3n) is 4.10. The van der Waals surface area contributed by atoms with Gasteiger partial charge >= 0.3 is 0 Å². The molecule has 1 N–H and O–H groups in total. The molecule has 1 amide bonds. The summed E-state index contributed by atoms with van der Waals surface area (Å²) in [5.74, 6) is -0.106. The topological polar surface area (TPSA) is 29.1 Å². The summed E-state index contributed by atoms with van der Waals surface area (Å²) in [6, 6.07) is 20.4. The van der Waals surface area contributed by atoms with E-state index in [0.29, 0.717) is 0 Å². The summed E-state index contributed by atoms with van der Waals surface area (Å²) in [5.41, 5.74) is 2.09. The molecular formula is C21H19BrNOP. The van der Waals surface area contributed by atoms with Crippen LogP contribution in [0.3, 0.4) is 0 Å². The molecule has 0 radical (unpaired) electrons. The first kappa shape index (κ1) is 17.8. The highest BCUT2D eigenvalue weighted by atomic mass is 79.9. The molecule has 2 nitrogen and oxygen atoms in total. The number of hydrogen-bond donors (Lipinski definition) is 1. The summed E-state index contributed by atoms with van der Waals surface area (Å²) in [7, 11) is 2.68. The fourth-order valence-corrected chi connectivity index (χ4v) is 3.33. The van der Waals surface area contributed by atoms with Crippen LogP contribution in [0.15, 0.2) is 71.2 Å². The molecule has 0 aliphatic heterocycles. The Hall–Kier alpha value is -1.96. The first-order valence-corrected chi connectivity index (χ1v) is 9.42. The average molecular weight is 412 g/mol. The van der Waals surface area contributed by atoms with Crippen LogP contribution in [0.1, 0.15) is 24.1 Å². The van der Waals surface area contributed by atoms with Gasteiger partial charge in [-0.25, -0.2) is 0 Å². The molecule has 0 bridgehead atoms. The number of fused-ring (bicyclic) bond motifs is 1. The van der Waals surface area contributed by atoms with E-state index in [4.69, 9.17) is 0 Å². The molecule has 0 aromatic heterocycles. The Morgan fingerprint density at radius 1 is 1.08 bits per heavy atom. The predicted molar refractivity (Wildman–Crippen MR) is 113 cm³/mol. The van der Waals surface area contributed by atoms with Gasteiger partial charge in [-0.3, -0.25) is 4.79 Å². The Morgan fingerprint density at radius 2 is 1.84 bits per heavy atom. The van der Waals surface area contributed by atoms with Crippen LogP contribution in [0.4, 0.5) is 0 Å². The number of benzene rings is 3. The molecule has 2 unspecified atom stereocenters. The highest BCUT2D eigenvalue weighted by molar-refractivity contribution is 9.10. The van der Waals surface area contributed by atoms with Crippen molar-refractivity contribution in [2.75, 3.05) is 0 Å². The maximum atomic E-state index is 12.2. The molecular weight excluding hydrogens is 393 g/mol. The van der Waals surface area contributed by atoms with Crippen LogP contribution in [-0.2, 0) is 4.79 Å². The van der Waals surface area contributed by atoms with E-state index in [1.807, 2.05) is 43.3 Å². The summed E-state index contributed by atoms with van der Waals surface area (Å²) in [4.78, 5) is 12.2. The van der Waals surface area contributed by atoms with Crippen molar-refractivity contribution in [2.24, 2.45) is 0 Å². The van der Waals surface area contributed by atoms with Crippen molar-refractivity contribution in [1.29, 1.82) is 0 Å². The van der Waals surface area contributed by atoms with Crippen LogP contribution in [-0.4, -0.2) is 5.91 Å². The molecule has 0 saturated carbocycles. The lowest BCUT2D eigenvalue weighted by Gasteiger charge is -2.14. The molecule has 0 aliphatic carbocycles. The second-order valence-electron chi connectivity index (χ2n) is 5.94. The number of carbonyl (C=O) groups excluding carboxylic acids is 1. The zero-order valence-electron chi connectivity index (χ0n) is 13.9. The molecule has 0 spiro atoms. The third-order valence-corrected chi connectivity index (χ3v) is 5.11. The number of carbonyl (C=O) groups is 1. The average Bonchev–Trinajstić information content (AvgIpc) is 2.62. The molecule has 2 atom stereocenters. The lowest BCUT2D eigenvalue weighted by molar-refractivity contribution is -0.117. The normalized spacial score (nSPS) is 12.4. The van der Waals surface area contributed by atoms with Crippen molar-refractivity contribution in [3.05, 3.63) is 82.3 Å². The van der Waals surface area contributed by atoms with Crippen molar-refractivity contribution in [3.63, 3.8) is 0 Å². The van der Waals surface area contributed by atoms with Gasteiger partial charge in [0.1, 0.15) is 0 Å². The minimum absolute atomic E-state index is 0.0558. The van der Waals surface area contributed by atoms with Gasteiger partial charge in [0.15, 0.2) is 0 Å². The summed E-state index contributed by atoms with van der Waals surface area (Å²) in [6.45, 7) is 2.00. The van der Waals surface area contributed by atoms with Gasteiger partial charge in [0.2, 0.25) is 5.91 Å². The second-order valence-corrected chi connectivity index (χ2v) is 7.48. The second kappa shape index (κ2) is 7.95. The van der Waals surface area contributed by atoms with Gasteiger partial charge in [-0.05, 0) is 58.4 Å². The zero-order chi connectivity index (χ0) is 17.8. The number of nitrogens with one attached hydrogen (secondary N) is 1. The molecule has 0 saturated heterocycles. The molecule has 25 heavy (non-hydrogen) atoms. The summed E-state index contributed by atoms with van der Waals surface area (Å²) in [5, 5.41) is 6.45. The van der Waals surface area contributed by atoms with Crippen LogP contribution in [0.2, 0.25) is 0 Å². The van der Waals surface area contributed by atoms with Crippen molar-refractivity contribution in [3.8, 4) is 0 Å². The highest BCUT2D eigenvalue weighted by Crippen LogP contribution is 2.20.